The maximum Gasteiger partial charge on any atom is 0.253 e. The smallest absolute Gasteiger partial charge is 0.253 e. The van der Waals surface area contributed by atoms with Gasteiger partial charge in [-0.2, -0.15) is 0 Å². The Kier molecular flexibility index (Phi) is 6.73. The highest BCUT2D eigenvalue weighted by atomic mass is 16.2. The van der Waals surface area contributed by atoms with E-state index in [1.807, 2.05) is 72.8 Å². The van der Waals surface area contributed by atoms with E-state index in [1.54, 1.807) is 24.3 Å². The molecule has 4 aromatic rings. The molecule has 2 amide bonds. The van der Waals surface area contributed by atoms with Gasteiger partial charge in [0.1, 0.15) is 0 Å². The highest BCUT2D eigenvalue weighted by molar-refractivity contribution is 6.04. The fraction of sp³-hybridized carbons (Fsp3) is 0.0714. The lowest BCUT2D eigenvalue weighted by molar-refractivity contribution is -0.115. The number of carbonyl (C=O) groups excluding carboxylic acids is 2. The van der Waals surface area contributed by atoms with Crippen LogP contribution in [-0.4, -0.2) is 11.8 Å². The maximum atomic E-state index is 12.7. The van der Waals surface area contributed by atoms with Crippen molar-refractivity contribution in [3.05, 3.63) is 126 Å². The van der Waals surface area contributed by atoms with E-state index in [1.165, 1.54) is 0 Å². The number of hydrogen-bond donors (Lipinski definition) is 2. The Hall–Kier alpha value is -4.18. The standard InChI is InChI=1S/C28H24N2O2/c31-27(19-21-15-17-24(18-16-21)23-11-5-2-6-12-23)30-26-14-8-7-13-25(26)28(32)29-20-22-9-3-1-4-10-22/h1-18H,19-20H2,(H,29,32)(H,30,31). The zero-order chi connectivity index (χ0) is 22.2. The third kappa shape index (κ3) is 5.49. The molecule has 0 saturated carbocycles. The number of benzene rings is 4. The van der Waals surface area contributed by atoms with Crippen LogP contribution in [0.5, 0.6) is 0 Å². The molecule has 0 radical (unpaired) electrons. The van der Waals surface area contributed by atoms with Gasteiger partial charge in [-0.05, 0) is 34.4 Å². The molecule has 0 bridgehead atoms. The third-order valence-electron chi connectivity index (χ3n) is 5.17. The average Bonchev–Trinajstić information content (AvgIpc) is 2.84. The molecule has 0 aromatic heterocycles. The SMILES string of the molecule is O=C(Cc1ccc(-c2ccccc2)cc1)Nc1ccccc1C(=O)NCc1ccccc1. The van der Waals surface area contributed by atoms with Gasteiger partial charge in [0.2, 0.25) is 5.91 Å². The van der Waals surface area contributed by atoms with Crippen molar-refractivity contribution in [3.63, 3.8) is 0 Å². The Balaban J connectivity index is 1.38. The predicted octanol–water partition coefficient (Wildman–Crippen LogP) is 5.46. The quantitative estimate of drug-likeness (QED) is 0.417. The lowest BCUT2D eigenvalue weighted by Crippen LogP contribution is -2.25. The number of para-hydroxylation sites is 1. The van der Waals surface area contributed by atoms with Crippen LogP contribution in [0.1, 0.15) is 21.5 Å². The Bertz CT molecular complexity index is 1190. The lowest BCUT2D eigenvalue weighted by atomic mass is 10.0. The normalized spacial score (nSPS) is 10.4. The van der Waals surface area contributed by atoms with E-state index >= 15 is 0 Å². The van der Waals surface area contributed by atoms with Gasteiger partial charge in [0.15, 0.2) is 0 Å². The summed E-state index contributed by atoms with van der Waals surface area (Å²) in [5.41, 5.74) is 5.11. The lowest BCUT2D eigenvalue weighted by Gasteiger charge is -2.12. The van der Waals surface area contributed by atoms with Gasteiger partial charge in [-0.3, -0.25) is 9.59 Å². The first-order valence-corrected chi connectivity index (χ1v) is 10.5. The minimum absolute atomic E-state index is 0.166. The number of amides is 2. The summed E-state index contributed by atoms with van der Waals surface area (Å²) in [6, 6.07) is 34.8. The van der Waals surface area contributed by atoms with Gasteiger partial charge in [0.25, 0.3) is 5.91 Å². The molecular formula is C28H24N2O2. The van der Waals surface area contributed by atoms with E-state index < -0.39 is 0 Å². The highest BCUT2D eigenvalue weighted by Crippen LogP contribution is 2.20. The molecule has 32 heavy (non-hydrogen) atoms. The van der Waals surface area contributed by atoms with Crippen molar-refractivity contribution in [2.45, 2.75) is 13.0 Å². The summed E-state index contributed by atoms with van der Waals surface area (Å²) in [6.07, 6.45) is 0.231. The van der Waals surface area contributed by atoms with Crippen LogP contribution in [0.3, 0.4) is 0 Å². The molecule has 4 aromatic carbocycles. The van der Waals surface area contributed by atoms with Gasteiger partial charge in [-0.25, -0.2) is 0 Å². The molecule has 0 saturated heterocycles. The second kappa shape index (κ2) is 10.2. The molecule has 158 valence electrons. The predicted molar refractivity (Wildman–Crippen MR) is 128 cm³/mol. The van der Waals surface area contributed by atoms with Crippen LogP contribution in [0.25, 0.3) is 11.1 Å². The Morgan fingerprint density at radius 1 is 0.594 bits per heavy atom. The summed E-state index contributed by atoms with van der Waals surface area (Å²) in [4.78, 5) is 25.3. The minimum atomic E-state index is -0.225. The van der Waals surface area contributed by atoms with Crippen molar-refractivity contribution in [2.24, 2.45) is 0 Å². The summed E-state index contributed by atoms with van der Waals surface area (Å²) in [5.74, 6) is -0.391. The van der Waals surface area contributed by atoms with Crippen LogP contribution in [0, 0.1) is 0 Å². The summed E-state index contributed by atoms with van der Waals surface area (Å²) in [7, 11) is 0. The topological polar surface area (TPSA) is 58.2 Å². The summed E-state index contributed by atoms with van der Waals surface area (Å²) in [5, 5.41) is 5.79. The van der Waals surface area contributed by atoms with Crippen molar-refractivity contribution < 1.29 is 9.59 Å². The molecule has 0 heterocycles. The van der Waals surface area contributed by atoms with Gasteiger partial charge < -0.3 is 10.6 Å². The largest absolute Gasteiger partial charge is 0.348 e. The van der Waals surface area contributed by atoms with Gasteiger partial charge >= 0.3 is 0 Å². The van der Waals surface area contributed by atoms with Crippen LogP contribution >= 0.6 is 0 Å². The average molecular weight is 421 g/mol. The number of nitrogens with one attached hydrogen (secondary N) is 2. The second-order valence-electron chi connectivity index (χ2n) is 7.50. The fourth-order valence-corrected chi connectivity index (χ4v) is 3.49. The first-order chi connectivity index (χ1) is 15.7. The first-order valence-electron chi connectivity index (χ1n) is 10.5. The van der Waals surface area contributed by atoms with Gasteiger partial charge in [-0.1, -0.05) is 97.1 Å². The van der Waals surface area contributed by atoms with E-state index in [9.17, 15) is 9.59 Å². The molecule has 4 heteroatoms. The zero-order valence-electron chi connectivity index (χ0n) is 17.6. The van der Waals surface area contributed by atoms with Crippen LogP contribution in [0.15, 0.2) is 109 Å². The molecule has 0 atom stereocenters. The number of anilines is 1. The maximum absolute atomic E-state index is 12.7. The van der Waals surface area contributed by atoms with Crippen molar-refractivity contribution in [1.29, 1.82) is 0 Å². The molecule has 0 unspecified atom stereocenters. The van der Waals surface area contributed by atoms with E-state index in [2.05, 4.69) is 22.8 Å². The van der Waals surface area contributed by atoms with Gasteiger partial charge in [-0.15, -0.1) is 0 Å². The molecule has 0 aliphatic rings. The van der Waals surface area contributed by atoms with Gasteiger partial charge in [0.05, 0.1) is 17.7 Å². The molecule has 4 rings (SSSR count). The zero-order valence-corrected chi connectivity index (χ0v) is 17.6. The molecule has 2 N–H and O–H groups in total. The highest BCUT2D eigenvalue weighted by Gasteiger charge is 2.13. The number of carbonyl (C=O) groups is 2. The van der Waals surface area contributed by atoms with Crippen molar-refractivity contribution >= 4 is 17.5 Å². The molecule has 0 fully saturated rings. The number of rotatable bonds is 7. The third-order valence-corrected chi connectivity index (χ3v) is 5.17. The van der Waals surface area contributed by atoms with Crippen LogP contribution < -0.4 is 10.6 Å². The fourth-order valence-electron chi connectivity index (χ4n) is 3.49. The van der Waals surface area contributed by atoms with Crippen molar-refractivity contribution in [3.8, 4) is 11.1 Å². The van der Waals surface area contributed by atoms with Crippen molar-refractivity contribution in [1.82, 2.24) is 5.32 Å². The van der Waals surface area contributed by atoms with E-state index in [0.717, 1.165) is 22.3 Å². The molecule has 0 spiro atoms. The Morgan fingerprint density at radius 3 is 1.91 bits per heavy atom. The second-order valence-corrected chi connectivity index (χ2v) is 7.50. The van der Waals surface area contributed by atoms with Crippen LogP contribution in [-0.2, 0) is 17.8 Å². The Labute approximate surface area is 187 Å². The van der Waals surface area contributed by atoms with Crippen LogP contribution in [0.2, 0.25) is 0 Å². The summed E-state index contributed by atoms with van der Waals surface area (Å²) >= 11 is 0. The van der Waals surface area contributed by atoms with Crippen molar-refractivity contribution in [2.75, 3.05) is 5.32 Å². The minimum Gasteiger partial charge on any atom is -0.348 e. The van der Waals surface area contributed by atoms with Crippen LogP contribution in [0.4, 0.5) is 5.69 Å². The molecular weight excluding hydrogens is 396 g/mol. The van der Waals surface area contributed by atoms with E-state index in [0.29, 0.717) is 17.8 Å². The Morgan fingerprint density at radius 2 is 1.19 bits per heavy atom. The van der Waals surface area contributed by atoms with E-state index in [4.69, 9.17) is 0 Å². The van der Waals surface area contributed by atoms with Gasteiger partial charge in [0, 0.05) is 6.54 Å². The summed E-state index contributed by atoms with van der Waals surface area (Å²) < 4.78 is 0. The monoisotopic (exact) mass is 420 g/mol. The van der Waals surface area contributed by atoms with E-state index in [-0.39, 0.29) is 18.2 Å². The molecule has 4 nitrogen and oxygen atoms in total. The number of hydrogen-bond acceptors (Lipinski definition) is 2. The molecule has 0 aliphatic heterocycles. The summed E-state index contributed by atoms with van der Waals surface area (Å²) in [6.45, 7) is 0.426. The molecule has 0 aliphatic carbocycles. The first kappa shape index (κ1) is 21.1.